The van der Waals surface area contributed by atoms with Crippen LogP contribution in [0.1, 0.15) is 40.0 Å². The quantitative estimate of drug-likeness (QED) is 0.670. The molecule has 0 bridgehead atoms. The molecule has 0 rings (SSSR count). The summed E-state index contributed by atoms with van der Waals surface area (Å²) in [5, 5.41) is 8.20. The minimum absolute atomic E-state index is 0.00868. The first-order valence-corrected chi connectivity index (χ1v) is 6.86. The third-order valence-electron chi connectivity index (χ3n) is 2.92. The van der Waals surface area contributed by atoms with Crippen molar-refractivity contribution in [3.8, 4) is 0 Å². The lowest BCUT2D eigenvalue weighted by molar-refractivity contribution is 0.297. The van der Waals surface area contributed by atoms with Gasteiger partial charge in [-0.3, -0.25) is 0 Å². The molecule has 0 unspecified atom stereocenters. The van der Waals surface area contributed by atoms with Crippen molar-refractivity contribution in [1.29, 1.82) is 0 Å². The van der Waals surface area contributed by atoms with Crippen molar-refractivity contribution in [1.82, 2.24) is 5.32 Å². The van der Waals surface area contributed by atoms with Crippen LogP contribution in [0.25, 0.3) is 0 Å². The van der Waals surface area contributed by atoms with E-state index in [0.29, 0.717) is 6.54 Å². The number of nitrogens with two attached hydrogens (primary N) is 1. The van der Waals surface area contributed by atoms with Crippen LogP contribution in [-0.4, -0.2) is 26.3 Å². The third kappa shape index (κ3) is 4.93. The summed E-state index contributed by atoms with van der Waals surface area (Å²) in [4.78, 5) is 0. The van der Waals surface area contributed by atoms with Gasteiger partial charge in [0.1, 0.15) is 0 Å². The van der Waals surface area contributed by atoms with E-state index in [0.717, 1.165) is 19.3 Å². The Labute approximate surface area is 87.3 Å². The molecule has 0 aromatic heterocycles. The van der Waals surface area contributed by atoms with Gasteiger partial charge in [-0.1, -0.05) is 20.8 Å². The SMILES string of the molecule is CCC(CC)(CC)NCCS(N)(=O)=O. The Morgan fingerprint density at radius 3 is 1.86 bits per heavy atom. The standard InChI is InChI=1S/C9H22N2O2S/c1-4-9(5-2,6-3)11-7-8-14(10,12)13/h11H,4-8H2,1-3H3,(H2,10,12,13). The van der Waals surface area contributed by atoms with Gasteiger partial charge in [-0.15, -0.1) is 0 Å². The maximum absolute atomic E-state index is 10.7. The zero-order valence-corrected chi connectivity index (χ0v) is 10.2. The molecule has 86 valence electrons. The first-order chi connectivity index (χ1) is 6.39. The van der Waals surface area contributed by atoms with Crippen LogP contribution in [0.4, 0.5) is 0 Å². The van der Waals surface area contributed by atoms with Crippen molar-refractivity contribution >= 4 is 10.0 Å². The van der Waals surface area contributed by atoms with E-state index < -0.39 is 10.0 Å². The number of sulfonamides is 1. The summed E-state index contributed by atoms with van der Waals surface area (Å²) in [6.07, 6.45) is 3.01. The van der Waals surface area contributed by atoms with Crippen LogP contribution in [0.2, 0.25) is 0 Å². The summed E-state index contributed by atoms with van der Waals surface area (Å²) in [6.45, 7) is 6.76. The van der Waals surface area contributed by atoms with Crippen LogP contribution in [0.3, 0.4) is 0 Å². The van der Waals surface area contributed by atoms with Crippen LogP contribution in [-0.2, 0) is 10.0 Å². The fourth-order valence-electron chi connectivity index (χ4n) is 1.58. The van der Waals surface area contributed by atoms with Gasteiger partial charge in [-0.05, 0) is 19.3 Å². The summed E-state index contributed by atoms with van der Waals surface area (Å²) >= 11 is 0. The van der Waals surface area contributed by atoms with Gasteiger partial charge in [0.05, 0.1) is 5.75 Å². The molecule has 0 spiro atoms. The zero-order valence-electron chi connectivity index (χ0n) is 9.34. The van der Waals surface area contributed by atoms with Crippen LogP contribution < -0.4 is 10.5 Å². The molecule has 5 heteroatoms. The average Bonchev–Trinajstić information content (AvgIpc) is 2.11. The molecular weight excluding hydrogens is 200 g/mol. The van der Waals surface area contributed by atoms with Crippen molar-refractivity contribution in [3.63, 3.8) is 0 Å². The summed E-state index contributed by atoms with van der Waals surface area (Å²) in [5.74, 6) is 0.00868. The highest BCUT2D eigenvalue weighted by Gasteiger charge is 2.22. The highest BCUT2D eigenvalue weighted by atomic mass is 32.2. The predicted molar refractivity (Wildman–Crippen MR) is 59.6 cm³/mol. The summed E-state index contributed by atoms with van der Waals surface area (Å²) in [6, 6.07) is 0. The Kier molecular flexibility index (Phi) is 5.63. The van der Waals surface area contributed by atoms with Crippen molar-refractivity contribution in [2.75, 3.05) is 12.3 Å². The van der Waals surface area contributed by atoms with E-state index in [9.17, 15) is 8.42 Å². The van der Waals surface area contributed by atoms with Gasteiger partial charge in [0.15, 0.2) is 0 Å². The number of nitrogens with one attached hydrogen (secondary N) is 1. The minimum Gasteiger partial charge on any atom is -0.310 e. The summed E-state index contributed by atoms with van der Waals surface area (Å²) in [7, 11) is -3.33. The molecular formula is C9H22N2O2S. The van der Waals surface area contributed by atoms with Crippen LogP contribution in [0, 0.1) is 0 Å². The fraction of sp³-hybridized carbons (Fsp3) is 1.00. The van der Waals surface area contributed by atoms with Crippen molar-refractivity contribution in [2.24, 2.45) is 5.14 Å². The van der Waals surface area contributed by atoms with E-state index in [-0.39, 0.29) is 11.3 Å². The van der Waals surface area contributed by atoms with E-state index in [2.05, 4.69) is 26.1 Å². The average molecular weight is 222 g/mol. The predicted octanol–water partition coefficient (Wildman–Crippen LogP) is 0.833. The lowest BCUT2D eigenvalue weighted by atomic mass is 9.90. The lowest BCUT2D eigenvalue weighted by Crippen LogP contribution is -2.46. The van der Waals surface area contributed by atoms with Gasteiger partial charge in [0.2, 0.25) is 10.0 Å². The second-order valence-electron chi connectivity index (χ2n) is 3.63. The number of hydrogen-bond donors (Lipinski definition) is 2. The number of hydrogen-bond acceptors (Lipinski definition) is 3. The smallest absolute Gasteiger partial charge is 0.210 e. The molecule has 3 N–H and O–H groups in total. The monoisotopic (exact) mass is 222 g/mol. The molecule has 0 aliphatic heterocycles. The largest absolute Gasteiger partial charge is 0.310 e. The van der Waals surface area contributed by atoms with Gasteiger partial charge in [0.25, 0.3) is 0 Å². The summed E-state index contributed by atoms with van der Waals surface area (Å²) in [5.41, 5.74) is 0.0741. The molecule has 0 radical (unpaired) electrons. The van der Waals surface area contributed by atoms with Gasteiger partial charge in [-0.2, -0.15) is 0 Å². The molecule has 0 aliphatic rings. The van der Waals surface area contributed by atoms with Crippen molar-refractivity contribution in [3.05, 3.63) is 0 Å². The molecule has 0 aromatic carbocycles. The maximum atomic E-state index is 10.7. The van der Waals surface area contributed by atoms with Crippen LogP contribution >= 0.6 is 0 Å². The minimum atomic E-state index is -3.33. The lowest BCUT2D eigenvalue weighted by Gasteiger charge is -2.31. The van der Waals surface area contributed by atoms with E-state index in [1.54, 1.807) is 0 Å². The molecule has 0 saturated heterocycles. The Morgan fingerprint density at radius 1 is 1.14 bits per heavy atom. The number of rotatable bonds is 7. The second-order valence-corrected chi connectivity index (χ2v) is 5.37. The van der Waals surface area contributed by atoms with E-state index in [1.807, 2.05) is 0 Å². The van der Waals surface area contributed by atoms with Crippen LogP contribution in [0.15, 0.2) is 0 Å². The van der Waals surface area contributed by atoms with Gasteiger partial charge >= 0.3 is 0 Å². The van der Waals surface area contributed by atoms with E-state index in [1.165, 1.54) is 0 Å². The molecule has 0 aromatic rings. The maximum Gasteiger partial charge on any atom is 0.210 e. The Morgan fingerprint density at radius 2 is 1.57 bits per heavy atom. The normalized spacial score (nSPS) is 13.1. The van der Waals surface area contributed by atoms with Crippen molar-refractivity contribution < 1.29 is 8.42 Å². The fourth-order valence-corrected chi connectivity index (χ4v) is 1.97. The highest BCUT2D eigenvalue weighted by Crippen LogP contribution is 2.18. The Bertz CT molecular complexity index is 237. The van der Waals surface area contributed by atoms with Crippen molar-refractivity contribution in [2.45, 2.75) is 45.6 Å². The number of primary sulfonamides is 1. The third-order valence-corrected chi connectivity index (χ3v) is 3.69. The van der Waals surface area contributed by atoms with E-state index >= 15 is 0 Å². The molecule has 0 amide bonds. The van der Waals surface area contributed by atoms with Gasteiger partial charge in [-0.25, -0.2) is 13.6 Å². The van der Waals surface area contributed by atoms with Crippen LogP contribution in [0.5, 0.6) is 0 Å². The molecule has 0 fully saturated rings. The molecule has 0 saturated carbocycles. The molecule has 0 atom stereocenters. The Balaban J connectivity index is 4.08. The summed E-state index contributed by atoms with van der Waals surface area (Å²) < 4.78 is 21.4. The van der Waals surface area contributed by atoms with E-state index in [4.69, 9.17) is 5.14 Å². The van der Waals surface area contributed by atoms with Gasteiger partial charge < -0.3 is 5.32 Å². The Hall–Kier alpha value is -0.130. The zero-order chi connectivity index (χ0) is 11.2. The topological polar surface area (TPSA) is 72.2 Å². The first kappa shape index (κ1) is 13.9. The molecule has 4 nitrogen and oxygen atoms in total. The molecule has 0 heterocycles. The van der Waals surface area contributed by atoms with Gasteiger partial charge in [0, 0.05) is 12.1 Å². The highest BCUT2D eigenvalue weighted by molar-refractivity contribution is 7.89. The molecule has 0 aliphatic carbocycles. The first-order valence-electron chi connectivity index (χ1n) is 5.14. The molecule has 14 heavy (non-hydrogen) atoms. The second kappa shape index (κ2) is 5.68.